The van der Waals surface area contributed by atoms with Crippen LogP contribution in [0.2, 0.25) is 0 Å². The van der Waals surface area contributed by atoms with Gasteiger partial charge in [-0.25, -0.2) is 8.42 Å². The zero-order valence-corrected chi connectivity index (χ0v) is 13.3. The van der Waals surface area contributed by atoms with Crippen LogP contribution in [0.3, 0.4) is 0 Å². The van der Waals surface area contributed by atoms with Gasteiger partial charge in [-0.2, -0.15) is 0 Å². The van der Waals surface area contributed by atoms with Crippen LogP contribution in [0.15, 0.2) is 47.4 Å². The van der Waals surface area contributed by atoms with Crippen LogP contribution in [-0.2, 0) is 22.9 Å². The molecule has 0 bridgehead atoms. The van der Waals surface area contributed by atoms with E-state index < -0.39 is 10.0 Å². The molecule has 0 atom stereocenters. The summed E-state index contributed by atoms with van der Waals surface area (Å²) < 4.78 is 33.5. The van der Waals surface area contributed by atoms with Crippen molar-refractivity contribution in [1.29, 1.82) is 0 Å². The van der Waals surface area contributed by atoms with Crippen molar-refractivity contribution >= 4 is 15.7 Å². The number of fused-ring (bicyclic) bond motifs is 1. The summed E-state index contributed by atoms with van der Waals surface area (Å²) in [7, 11) is -1.96. The number of nitrogens with one attached hydrogen (secondary N) is 1. The zero-order valence-electron chi connectivity index (χ0n) is 12.5. The molecular weight excluding hydrogens is 298 g/mol. The number of sulfonamides is 1. The van der Waals surface area contributed by atoms with Crippen LogP contribution in [-0.4, -0.2) is 15.5 Å². The molecule has 0 spiro atoms. The maximum absolute atomic E-state index is 12.7. The summed E-state index contributed by atoms with van der Waals surface area (Å²) in [4.78, 5) is 0.367. The molecule has 0 saturated heterocycles. The maximum atomic E-state index is 12.7. The van der Waals surface area contributed by atoms with Gasteiger partial charge in [-0.15, -0.1) is 0 Å². The minimum atomic E-state index is -3.59. The molecule has 0 saturated carbocycles. The van der Waals surface area contributed by atoms with Gasteiger partial charge in [-0.1, -0.05) is 18.2 Å². The first-order chi connectivity index (χ1) is 10.6. The molecule has 0 aromatic heterocycles. The molecule has 3 rings (SSSR count). The minimum absolute atomic E-state index is 0.367. The summed E-state index contributed by atoms with van der Waals surface area (Å²) in [6.07, 6.45) is 3.72. The third kappa shape index (κ3) is 2.81. The van der Waals surface area contributed by atoms with Gasteiger partial charge in [0, 0.05) is 5.69 Å². The summed E-state index contributed by atoms with van der Waals surface area (Å²) in [5, 5.41) is 0. The third-order valence-corrected chi connectivity index (χ3v) is 5.45. The van der Waals surface area contributed by atoms with E-state index in [-0.39, 0.29) is 0 Å². The fourth-order valence-corrected chi connectivity index (χ4v) is 4.31. The zero-order chi connectivity index (χ0) is 15.6. The highest BCUT2D eigenvalue weighted by Gasteiger charge is 2.25. The van der Waals surface area contributed by atoms with Gasteiger partial charge in [0.05, 0.1) is 12.0 Å². The highest BCUT2D eigenvalue weighted by atomic mass is 32.2. The van der Waals surface area contributed by atoms with Crippen molar-refractivity contribution in [2.75, 3.05) is 11.8 Å². The number of hydrogen-bond acceptors (Lipinski definition) is 3. The number of hydrogen-bond donors (Lipinski definition) is 1. The second-order valence-corrected chi connectivity index (χ2v) is 7.05. The van der Waals surface area contributed by atoms with E-state index in [1.165, 1.54) is 0 Å². The van der Waals surface area contributed by atoms with Crippen LogP contribution >= 0.6 is 0 Å². The summed E-state index contributed by atoms with van der Waals surface area (Å²) in [6.45, 7) is 0. The van der Waals surface area contributed by atoms with Crippen molar-refractivity contribution in [3.63, 3.8) is 0 Å². The molecule has 2 aromatic rings. The van der Waals surface area contributed by atoms with E-state index in [0.717, 1.165) is 42.6 Å². The molecule has 1 N–H and O–H groups in total. The SMILES string of the molecule is COc1ccc(S(=O)(=O)Nc2ccccc2)c2c1CCCC2. The molecule has 0 aliphatic heterocycles. The molecule has 0 amide bonds. The Kier molecular flexibility index (Phi) is 4.07. The van der Waals surface area contributed by atoms with E-state index in [1.807, 2.05) is 6.07 Å². The number of rotatable bonds is 4. The Morgan fingerprint density at radius 3 is 2.32 bits per heavy atom. The van der Waals surface area contributed by atoms with E-state index >= 15 is 0 Å². The van der Waals surface area contributed by atoms with Crippen LogP contribution in [0.5, 0.6) is 5.75 Å². The van der Waals surface area contributed by atoms with Crippen LogP contribution in [0, 0.1) is 0 Å². The number of ether oxygens (including phenoxy) is 1. The van der Waals surface area contributed by atoms with Crippen molar-refractivity contribution in [1.82, 2.24) is 0 Å². The Hall–Kier alpha value is -2.01. The van der Waals surface area contributed by atoms with E-state index in [2.05, 4.69) is 4.72 Å². The average molecular weight is 317 g/mol. The lowest BCUT2D eigenvalue weighted by Crippen LogP contribution is -2.18. The molecule has 4 nitrogen and oxygen atoms in total. The van der Waals surface area contributed by atoms with Crippen LogP contribution in [0.4, 0.5) is 5.69 Å². The summed E-state index contributed by atoms with van der Waals surface area (Å²) in [6, 6.07) is 12.4. The van der Waals surface area contributed by atoms with Crippen LogP contribution < -0.4 is 9.46 Å². The molecule has 0 fully saturated rings. The average Bonchev–Trinajstić information content (AvgIpc) is 2.54. The number of methoxy groups -OCH3 is 1. The number of anilines is 1. The molecule has 22 heavy (non-hydrogen) atoms. The van der Waals surface area contributed by atoms with Gasteiger partial charge in [0.15, 0.2) is 0 Å². The van der Waals surface area contributed by atoms with Gasteiger partial charge in [-0.05, 0) is 61.1 Å². The van der Waals surface area contributed by atoms with Crippen molar-refractivity contribution in [2.24, 2.45) is 0 Å². The fourth-order valence-electron chi connectivity index (χ4n) is 2.96. The van der Waals surface area contributed by atoms with Gasteiger partial charge in [0.25, 0.3) is 10.0 Å². The molecule has 1 aliphatic rings. The Labute approximate surface area is 131 Å². The van der Waals surface area contributed by atoms with Crippen LogP contribution in [0.1, 0.15) is 24.0 Å². The second kappa shape index (κ2) is 6.01. The predicted octanol–water partition coefficient (Wildman–Crippen LogP) is 3.37. The first-order valence-electron chi connectivity index (χ1n) is 7.38. The molecular formula is C17H19NO3S. The lowest BCUT2D eigenvalue weighted by atomic mass is 9.91. The Balaban J connectivity index is 2.04. The van der Waals surface area contributed by atoms with E-state index in [0.29, 0.717) is 10.6 Å². The lowest BCUT2D eigenvalue weighted by molar-refractivity contribution is 0.405. The molecule has 2 aromatic carbocycles. The van der Waals surface area contributed by atoms with Crippen molar-refractivity contribution < 1.29 is 13.2 Å². The Morgan fingerprint density at radius 1 is 0.955 bits per heavy atom. The quantitative estimate of drug-likeness (QED) is 0.940. The van der Waals surface area contributed by atoms with Crippen molar-refractivity contribution in [3.05, 3.63) is 53.6 Å². The van der Waals surface area contributed by atoms with Gasteiger partial charge in [0.2, 0.25) is 0 Å². The minimum Gasteiger partial charge on any atom is -0.496 e. The van der Waals surface area contributed by atoms with Crippen molar-refractivity contribution in [3.8, 4) is 5.75 Å². The molecule has 5 heteroatoms. The standard InChI is InChI=1S/C17H19NO3S/c1-21-16-11-12-17(15-10-6-5-9-14(15)16)22(19,20)18-13-7-3-2-4-8-13/h2-4,7-8,11-12,18H,5-6,9-10H2,1H3. The molecule has 0 unspecified atom stereocenters. The Bertz CT molecular complexity index is 770. The van der Waals surface area contributed by atoms with E-state index in [9.17, 15) is 8.42 Å². The molecule has 0 radical (unpaired) electrons. The van der Waals surface area contributed by atoms with Crippen molar-refractivity contribution in [2.45, 2.75) is 30.6 Å². The summed E-state index contributed by atoms with van der Waals surface area (Å²) in [5.74, 6) is 0.786. The maximum Gasteiger partial charge on any atom is 0.262 e. The second-order valence-electron chi connectivity index (χ2n) is 5.40. The third-order valence-electron chi connectivity index (χ3n) is 3.98. The highest BCUT2D eigenvalue weighted by Crippen LogP contribution is 2.34. The topological polar surface area (TPSA) is 55.4 Å². The molecule has 0 heterocycles. The first kappa shape index (κ1) is 14.9. The van der Waals surface area contributed by atoms with Gasteiger partial charge in [-0.3, -0.25) is 4.72 Å². The fraction of sp³-hybridized carbons (Fsp3) is 0.294. The van der Waals surface area contributed by atoms with Gasteiger partial charge < -0.3 is 4.74 Å². The first-order valence-corrected chi connectivity index (χ1v) is 8.87. The van der Waals surface area contributed by atoms with E-state index in [4.69, 9.17) is 4.74 Å². The summed E-state index contributed by atoms with van der Waals surface area (Å²) >= 11 is 0. The smallest absolute Gasteiger partial charge is 0.262 e. The van der Waals surface area contributed by atoms with Gasteiger partial charge >= 0.3 is 0 Å². The predicted molar refractivity (Wildman–Crippen MR) is 86.9 cm³/mol. The largest absolute Gasteiger partial charge is 0.496 e. The van der Waals surface area contributed by atoms with Crippen LogP contribution in [0.25, 0.3) is 0 Å². The monoisotopic (exact) mass is 317 g/mol. The normalized spacial score (nSPS) is 14.2. The van der Waals surface area contributed by atoms with Gasteiger partial charge in [0.1, 0.15) is 5.75 Å². The molecule has 116 valence electrons. The number of para-hydroxylation sites is 1. The summed E-state index contributed by atoms with van der Waals surface area (Å²) in [5.41, 5.74) is 2.50. The number of benzene rings is 2. The molecule has 1 aliphatic carbocycles. The lowest BCUT2D eigenvalue weighted by Gasteiger charge is -2.22. The van der Waals surface area contributed by atoms with E-state index in [1.54, 1.807) is 43.5 Å². The Morgan fingerprint density at radius 2 is 1.64 bits per heavy atom. The highest BCUT2D eigenvalue weighted by molar-refractivity contribution is 7.92.